The molecule has 0 aliphatic carbocycles. The van der Waals surface area contributed by atoms with E-state index in [-0.39, 0.29) is 35.9 Å². The number of carbonyl (C=O) groups excluding carboxylic acids is 2. The Labute approximate surface area is 385 Å². The van der Waals surface area contributed by atoms with Crippen LogP contribution in [0.15, 0.2) is 0 Å². The molecule has 348 valence electrons. The van der Waals surface area contributed by atoms with Crippen molar-refractivity contribution in [3.05, 3.63) is 0 Å². The topological polar surface area (TPSA) is 118 Å². The van der Waals surface area contributed by atoms with Crippen molar-refractivity contribution in [1.29, 1.82) is 0 Å². The molecule has 1 N–H and O–H groups in total. The van der Waals surface area contributed by atoms with Gasteiger partial charge in [0.25, 0.3) is 0 Å². The largest absolute Gasteiger partial charge is 2.00 e. The summed E-state index contributed by atoms with van der Waals surface area (Å²) in [4.78, 5) is 30.7. The molecule has 6 nitrogen and oxygen atoms in total. The molecule has 0 bridgehead atoms. The fourth-order valence-electron chi connectivity index (χ4n) is 7.58. The fraction of sp³-hybridized carbons (Fsp3) is 0.942. The predicted molar refractivity (Wildman–Crippen MR) is 253 cm³/mol. The van der Waals surface area contributed by atoms with Crippen molar-refractivity contribution in [3.63, 3.8) is 0 Å². The van der Waals surface area contributed by atoms with E-state index in [0.29, 0.717) is 6.42 Å². The molecule has 0 radical (unpaired) electrons. The van der Waals surface area contributed by atoms with Crippen molar-refractivity contribution < 1.29 is 29.7 Å². The van der Waals surface area contributed by atoms with Gasteiger partial charge in [-0.2, -0.15) is 0 Å². The summed E-state index contributed by atoms with van der Waals surface area (Å²) in [7, 11) is 0. The van der Waals surface area contributed by atoms with Gasteiger partial charge in [-0.05, 0) is 32.1 Å². The first-order valence-corrected chi connectivity index (χ1v) is 25.9. The maximum absolute atomic E-state index is 10.3. The van der Waals surface area contributed by atoms with Crippen LogP contribution in [0.25, 0.3) is 0 Å². The number of aliphatic carboxylic acids is 3. The first-order chi connectivity index (χ1) is 28.3. The standard InChI is InChI=1S/2C18H36O2.C16H32O2.Mg/c2*1-2-3-4-5-6-7-8-9-10-11-12-13-14-15-16-17-18(19)20;1-2-3-4-5-6-7-8-9-10-11-12-13-14-15-16(17)18;/h2*2-17H2,1H3,(H,19,20);2-15H2,1H3,(H,17,18);/q;;;+2/p-2. The van der Waals surface area contributed by atoms with Crippen LogP contribution in [-0.4, -0.2) is 46.1 Å². The van der Waals surface area contributed by atoms with E-state index < -0.39 is 17.9 Å². The van der Waals surface area contributed by atoms with Gasteiger partial charge in [-0.25, -0.2) is 0 Å². The van der Waals surface area contributed by atoms with Crippen LogP contribution in [-0.2, 0) is 14.4 Å². The van der Waals surface area contributed by atoms with Gasteiger partial charge in [-0.1, -0.05) is 278 Å². The summed E-state index contributed by atoms with van der Waals surface area (Å²) in [6.45, 7) is 6.79. The van der Waals surface area contributed by atoms with E-state index in [1.165, 1.54) is 238 Å². The zero-order chi connectivity index (χ0) is 43.3. The molecule has 7 heteroatoms. The van der Waals surface area contributed by atoms with Crippen LogP contribution in [0.1, 0.15) is 316 Å². The monoisotopic (exact) mass is 847 g/mol. The molecular weight excluding hydrogens is 745 g/mol. The van der Waals surface area contributed by atoms with E-state index in [0.717, 1.165) is 38.5 Å². The number of carbonyl (C=O) groups is 3. The molecule has 0 rings (SSSR count). The molecule has 0 aliphatic heterocycles. The molecule has 0 heterocycles. The molecule has 0 spiro atoms. The first-order valence-electron chi connectivity index (χ1n) is 25.9. The van der Waals surface area contributed by atoms with Gasteiger partial charge < -0.3 is 24.9 Å². The van der Waals surface area contributed by atoms with Crippen molar-refractivity contribution in [2.45, 2.75) is 316 Å². The maximum atomic E-state index is 10.3. The quantitative estimate of drug-likeness (QED) is 0.0481. The van der Waals surface area contributed by atoms with E-state index >= 15 is 0 Å². The van der Waals surface area contributed by atoms with Crippen LogP contribution in [0.3, 0.4) is 0 Å². The van der Waals surface area contributed by atoms with Gasteiger partial charge in [0, 0.05) is 18.4 Å². The molecule has 0 aromatic rings. The minimum atomic E-state index is -0.903. The summed E-state index contributed by atoms with van der Waals surface area (Å²) in [5.41, 5.74) is 0. The van der Waals surface area contributed by atoms with Gasteiger partial charge in [0.05, 0.1) is 0 Å². The van der Waals surface area contributed by atoms with Crippen LogP contribution in [0.2, 0.25) is 0 Å². The molecule has 0 aromatic heterocycles. The Bertz CT molecular complexity index is 747. The number of hydrogen-bond acceptors (Lipinski definition) is 5. The van der Waals surface area contributed by atoms with Crippen molar-refractivity contribution in [3.8, 4) is 0 Å². The molecule has 0 aliphatic rings. The fourth-order valence-corrected chi connectivity index (χ4v) is 7.58. The Morgan fingerprint density at radius 1 is 0.271 bits per heavy atom. The molecule has 0 unspecified atom stereocenters. The van der Waals surface area contributed by atoms with Gasteiger partial charge in [-0.3, -0.25) is 4.79 Å². The smallest absolute Gasteiger partial charge is 0.550 e. The van der Waals surface area contributed by atoms with Gasteiger partial charge in [0.1, 0.15) is 0 Å². The van der Waals surface area contributed by atoms with Crippen molar-refractivity contribution in [2.75, 3.05) is 0 Å². The van der Waals surface area contributed by atoms with Crippen LogP contribution in [0.4, 0.5) is 0 Å². The van der Waals surface area contributed by atoms with Crippen molar-refractivity contribution in [2.24, 2.45) is 0 Å². The molecular formula is C52H102MgO6. The summed E-state index contributed by atoms with van der Waals surface area (Å²) < 4.78 is 0. The normalized spacial score (nSPS) is 10.6. The van der Waals surface area contributed by atoms with Gasteiger partial charge >= 0.3 is 29.0 Å². The summed E-state index contributed by atoms with van der Waals surface area (Å²) >= 11 is 0. The van der Waals surface area contributed by atoms with E-state index in [1.54, 1.807) is 0 Å². The van der Waals surface area contributed by atoms with Crippen molar-refractivity contribution >= 4 is 41.0 Å². The van der Waals surface area contributed by atoms with Crippen LogP contribution < -0.4 is 10.2 Å². The maximum Gasteiger partial charge on any atom is 2.00 e. The second kappa shape index (κ2) is 61.5. The third kappa shape index (κ3) is 75.0. The predicted octanol–water partition coefficient (Wildman–Crippen LogP) is 15.2. The molecule has 0 saturated heterocycles. The Morgan fingerprint density at radius 2 is 0.407 bits per heavy atom. The average molecular weight is 848 g/mol. The Balaban J connectivity index is -0.000000382. The Morgan fingerprint density at radius 3 is 0.542 bits per heavy atom. The number of unbranched alkanes of at least 4 members (excludes halogenated alkanes) is 40. The van der Waals surface area contributed by atoms with Gasteiger partial charge in [0.2, 0.25) is 0 Å². The molecule has 0 saturated carbocycles. The number of carboxylic acid groups (broad SMARTS) is 3. The summed E-state index contributed by atoms with van der Waals surface area (Å²) in [5, 5.41) is 28.9. The number of carboxylic acids is 3. The third-order valence-electron chi connectivity index (χ3n) is 11.5. The van der Waals surface area contributed by atoms with Crippen molar-refractivity contribution in [1.82, 2.24) is 0 Å². The van der Waals surface area contributed by atoms with Crippen LogP contribution >= 0.6 is 0 Å². The second-order valence-corrected chi connectivity index (χ2v) is 17.5. The number of rotatable bonds is 46. The molecule has 0 fully saturated rings. The minimum absolute atomic E-state index is 0. The van der Waals surface area contributed by atoms with E-state index in [1.807, 2.05) is 0 Å². The zero-order valence-corrected chi connectivity index (χ0v) is 41.6. The van der Waals surface area contributed by atoms with E-state index in [4.69, 9.17) is 5.11 Å². The SMILES string of the molecule is CCCCCCCCCCCCCCCC(=O)O.CCCCCCCCCCCCCCCCCC(=O)[O-].CCCCCCCCCCCCCCCCCC(=O)[O-].[Mg+2]. The second-order valence-electron chi connectivity index (χ2n) is 17.5. The molecule has 59 heavy (non-hydrogen) atoms. The Kier molecular flexibility index (Phi) is 67.5. The van der Waals surface area contributed by atoms with Crippen LogP contribution in [0.5, 0.6) is 0 Å². The third-order valence-corrected chi connectivity index (χ3v) is 11.5. The molecule has 0 atom stereocenters. The van der Waals surface area contributed by atoms with E-state index in [9.17, 15) is 24.6 Å². The zero-order valence-electron chi connectivity index (χ0n) is 40.2. The summed E-state index contributed by atoms with van der Waals surface area (Å²) in [6.07, 6.45) is 57.0. The Hall–Kier alpha value is -0.824. The summed E-state index contributed by atoms with van der Waals surface area (Å²) in [5.74, 6) is -2.46. The van der Waals surface area contributed by atoms with Gasteiger partial charge in [-0.15, -0.1) is 0 Å². The molecule has 0 amide bonds. The first kappa shape index (κ1) is 64.8. The average Bonchev–Trinajstić information content (AvgIpc) is 3.20. The summed E-state index contributed by atoms with van der Waals surface area (Å²) in [6, 6.07) is 0. The minimum Gasteiger partial charge on any atom is -0.550 e. The number of hydrogen-bond donors (Lipinski definition) is 1. The van der Waals surface area contributed by atoms with Gasteiger partial charge in [0.15, 0.2) is 0 Å². The molecule has 0 aromatic carbocycles. The van der Waals surface area contributed by atoms with Crippen LogP contribution in [0, 0.1) is 0 Å². The van der Waals surface area contributed by atoms with E-state index in [2.05, 4.69) is 20.8 Å².